The van der Waals surface area contributed by atoms with Gasteiger partial charge in [0, 0.05) is 63.5 Å². The van der Waals surface area contributed by atoms with Gasteiger partial charge in [-0.2, -0.15) is 5.10 Å². The lowest BCUT2D eigenvalue weighted by molar-refractivity contribution is 0.0538. The van der Waals surface area contributed by atoms with Gasteiger partial charge in [0.1, 0.15) is 0 Å². The Kier molecular flexibility index (Phi) is 7.46. The second-order valence-electron chi connectivity index (χ2n) is 9.80. The molecule has 3 aromatic rings. The molecule has 0 radical (unpaired) electrons. The van der Waals surface area contributed by atoms with Crippen molar-refractivity contribution in [2.45, 2.75) is 32.6 Å². The molecule has 0 unspecified atom stereocenters. The Labute approximate surface area is 204 Å². The third kappa shape index (κ3) is 5.74. The van der Waals surface area contributed by atoms with Crippen LogP contribution < -0.4 is 5.56 Å². The molecular weight excluding hydrogens is 446 g/mol. The van der Waals surface area contributed by atoms with Crippen molar-refractivity contribution in [1.82, 2.24) is 25.0 Å². The minimum atomic E-state index is -0.179. The molecule has 2 saturated heterocycles. The highest BCUT2D eigenvalue weighted by atomic mass is 16.5. The quantitative estimate of drug-likeness (QED) is 0.525. The predicted octanol–water partition coefficient (Wildman–Crippen LogP) is 2.69. The predicted molar refractivity (Wildman–Crippen MR) is 135 cm³/mol. The number of aromatic nitrogens is 3. The molecule has 0 bridgehead atoms. The molecule has 35 heavy (non-hydrogen) atoms. The highest BCUT2D eigenvalue weighted by molar-refractivity contribution is 6.07. The third-order valence-corrected chi connectivity index (χ3v) is 7.09. The van der Waals surface area contributed by atoms with Gasteiger partial charge in [0.15, 0.2) is 0 Å². The summed E-state index contributed by atoms with van der Waals surface area (Å²) in [5.41, 5.74) is 2.73. The number of rotatable bonds is 6. The summed E-state index contributed by atoms with van der Waals surface area (Å²) in [5, 5.41) is 8.20. The van der Waals surface area contributed by atoms with Crippen LogP contribution in [0.4, 0.5) is 0 Å². The summed E-state index contributed by atoms with van der Waals surface area (Å²) in [4.78, 5) is 32.6. The minimum absolute atomic E-state index is 0.0397. The van der Waals surface area contributed by atoms with Crippen LogP contribution in [-0.4, -0.2) is 90.0 Å². The summed E-state index contributed by atoms with van der Waals surface area (Å²) in [5.74, 6) is 0.836. The largest absolute Gasteiger partial charge is 0.381 e. The number of amides is 1. The van der Waals surface area contributed by atoms with Gasteiger partial charge in [-0.15, -0.1) is 0 Å². The zero-order chi connectivity index (χ0) is 24.2. The van der Waals surface area contributed by atoms with Gasteiger partial charge in [-0.25, -0.2) is 0 Å². The fraction of sp³-hybridized carbons (Fsp3) is 0.577. The Hall–Kier alpha value is -2.75. The highest BCUT2D eigenvalue weighted by Gasteiger charge is 2.25. The van der Waals surface area contributed by atoms with Crippen LogP contribution in [0.25, 0.3) is 21.8 Å². The molecule has 0 atom stereocenters. The number of benzene rings is 1. The molecule has 1 aliphatic carbocycles. The molecule has 9 heteroatoms. The molecule has 4 heterocycles. The van der Waals surface area contributed by atoms with Gasteiger partial charge < -0.3 is 19.4 Å². The average Bonchev–Trinajstić information content (AvgIpc) is 3.28. The lowest BCUT2D eigenvalue weighted by Gasteiger charge is -2.35. The summed E-state index contributed by atoms with van der Waals surface area (Å²) in [7, 11) is 0. The molecule has 9 nitrogen and oxygen atoms in total. The number of pyridine rings is 1. The van der Waals surface area contributed by atoms with E-state index in [1.54, 1.807) is 0 Å². The Morgan fingerprint density at radius 2 is 1.91 bits per heavy atom. The van der Waals surface area contributed by atoms with E-state index in [1.165, 1.54) is 31.9 Å². The van der Waals surface area contributed by atoms with E-state index in [9.17, 15) is 9.59 Å². The molecule has 2 aliphatic heterocycles. The number of aryl methyl sites for hydroxylation is 1. The van der Waals surface area contributed by atoms with Crippen molar-refractivity contribution in [1.29, 1.82) is 0 Å². The third-order valence-electron chi connectivity index (χ3n) is 7.09. The van der Waals surface area contributed by atoms with E-state index in [0.29, 0.717) is 35.1 Å². The van der Waals surface area contributed by atoms with E-state index in [2.05, 4.69) is 20.1 Å². The van der Waals surface area contributed by atoms with E-state index in [1.807, 2.05) is 24.0 Å². The number of fused-ring (bicyclic) bond motifs is 3. The van der Waals surface area contributed by atoms with Gasteiger partial charge in [-0.1, -0.05) is 0 Å². The number of hydrogen-bond donors (Lipinski definition) is 2. The molecule has 2 aromatic heterocycles. The molecule has 1 saturated carbocycles. The van der Waals surface area contributed by atoms with Crippen molar-refractivity contribution in [2.75, 3.05) is 59.2 Å². The first-order chi connectivity index (χ1) is 17.1. The van der Waals surface area contributed by atoms with Gasteiger partial charge in [-0.3, -0.25) is 19.6 Å². The first kappa shape index (κ1) is 24.0. The molecule has 3 aliphatic rings. The van der Waals surface area contributed by atoms with Crippen LogP contribution in [0.2, 0.25) is 0 Å². The van der Waals surface area contributed by atoms with E-state index >= 15 is 0 Å². The maximum atomic E-state index is 13.2. The lowest BCUT2D eigenvalue weighted by atomic mass is 10.0. The van der Waals surface area contributed by atoms with Crippen LogP contribution in [0.5, 0.6) is 0 Å². The second-order valence-corrected chi connectivity index (χ2v) is 9.80. The zero-order valence-electron chi connectivity index (χ0n) is 20.5. The number of ether oxygens (including phenoxy) is 2. The van der Waals surface area contributed by atoms with Crippen LogP contribution in [0.1, 0.15) is 41.6 Å². The first-order valence-corrected chi connectivity index (χ1v) is 12.8. The van der Waals surface area contributed by atoms with Crippen molar-refractivity contribution < 1.29 is 14.3 Å². The zero-order valence-corrected chi connectivity index (χ0v) is 20.5. The summed E-state index contributed by atoms with van der Waals surface area (Å²) in [6, 6.07) is 3.75. The van der Waals surface area contributed by atoms with Crippen molar-refractivity contribution in [3.8, 4) is 0 Å². The molecule has 188 valence electrons. The SMILES string of the molecule is C1CCOC1.Cc1cc2[nH]c(=O)c3cn[nH]c3c2cc1C(=O)N1CCN(CCOCC2CC2)CC1. The van der Waals surface area contributed by atoms with E-state index < -0.39 is 0 Å². The molecular formula is C26H35N5O4. The van der Waals surface area contributed by atoms with E-state index in [0.717, 1.165) is 62.9 Å². The van der Waals surface area contributed by atoms with Crippen molar-refractivity contribution in [3.63, 3.8) is 0 Å². The monoisotopic (exact) mass is 481 g/mol. The van der Waals surface area contributed by atoms with Crippen LogP contribution in [0, 0.1) is 12.8 Å². The minimum Gasteiger partial charge on any atom is -0.381 e. The lowest BCUT2D eigenvalue weighted by Crippen LogP contribution is -2.49. The average molecular weight is 482 g/mol. The van der Waals surface area contributed by atoms with Gasteiger partial charge in [0.05, 0.1) is 29.2 Å². The maximum Gasteiger partial charge on any atom is 0.259 e. The molecule has 1 aromatic carbocycles. The van der Waals surface area contributed by atoms with Crippen molar-refractivity contribution in [3.05, 3.63) is 39.8 Å². The standard InChI is InChI=1S/C22H27N5O3.C4H8O/c1-14-10-19-17(20-18(12-23-25-20)21(28)24-19)11-16(14)22(29)27-6-4-26(5-7-27)8-9-30-13-15-2-3-15;1-2-4-5-3-1/h10-12,15H,2-9,13H2,1H3,(H,23,25)(H,24,28);1-4H2. The highest BCUT2D eigenvalue weighted by Crippen LogP contribution is 2.28. The maximum absolute atomic E-state index is 13.2. The summed E-state index contributed by atoms with van der Waals surface area (Å²) in [6.07, 6.45) is 6.70. The normalized spacial score (nSPS) is 18.7. The Morgan fingerprint density at radius 1 is 1.14 bits per heavy atom. The van der Waals surface area contributed by atoms with E-state index in [4.69, 9.17) is 9.47 Å². The van der Waals surface area contributed by atoms with E-state index in [-0.39, 0.29) is 11.5 Å². The van der Waals surface area contributed by atoms with Gasteiger partial charge in [0.2, 0.25) is 0 Å². The van der Waals surface area contributed by atoms with Gasteiger partial charge >= 0.3 is 0 Å². The number of aromatic amines is 2. The van der Waals surface area contributed by atoms with Gasteiger partial charge in [-0.05, 0) is 56.2 Å². The fourth-order valence-electron chi connectivity index (χ4n) is 4.69. The number of carbonyl (C=O) groups excluding carboxylic acids is 1. The fourth-order valence-corrected chi connectivity index (χ4v) is 4.69. The molecule has 1 amide bonds. The number of nitrogens with one attached hydrogen (secondary N) is 2. The number of nitrogens with zero attached hydrogens (tertiary/aromatic N) is 3. The van der Waals surface area contributed by atoms with Crippen LogP contribution in [0.15, 0.2) is 23.1 Å². The van der Waals surface area contributed by atoms with Crippen LogP contribution >= 0.6 is 0 Å². The summed E-state index contributed by atoms with van der Waals surface area (Å²) in [6.45, 7) is 9.66. The van der Waals surface area contributed by atoms with Crippen molar-refractivity contribution >= 4 is 27.7 Å². The number of H-pyrrole nitrogens is 2. The van der Waals surface area contributed by atoms with Gasteiger partial charge in [0.25, 0.3) is 11.5 Å². The molecule has 2 N–H and O–H groups in total. The Balaban J connectivity index is 0.000000453. The Morgan fingerprint density at radius 3 is 2.60 bits per heavy atom. The van der Waals surface area contributed by atoms with Crippen molar-refractivity contribution in [2.24, 2.45) is 5.92 Å². The topological polar surface area (TPSA) is 104 Å². The molecule has 6 rings (SSSR count). The summed E-state index contributed by atoms with van der Waals surface area (Å²) >= 11 is 0. The first-order valence-electron chi connectivity index (χ1n) is 12.8. The molecule has 0 spiro atoms. The van der Waals surface area contributed by atoms with Crippen LogP contribution in [-0.2, 0) is 9.47 Å². The number of piperazine rings is 1. The summed E-state index contributed by atoms with van der Waals surface area (Å²) < 4.78 is 10.7. The Bertz CT molecular complexity index is 1210. The smallest absolute Gasteiger partial charge is 0.259 e. The van der Waals surface area contributed by atoms with Crippen LogP contribution in [0.3, 0.4) is 0 Å². The number of hydrogen-bond acceptors (Lipinski definition) is 6. The number of carbonyl (C=O) groups is 1. The second kappa shape index (κ2) is 10.9. The molecule has 3 fully saturated rings.